The summed E-state index contributed by atoms with van der Waals surface area (Å²) in [7, 11) is 0. The number of aromatic nitrogens is 1. The first kappa shape index (κ1) is 24.1. The van der Waals surface area contributed by atoms with E-state index in [9.17, 15) is 14.7 Å². The van der Waals surface area contributed by atoms with Crippen molar-refractivity contribution in [3.05, 3.63) is 106 Å². The Labute approximate surface area is 223 Å². The number of thiazole rings is 1. The van der Waals surface area contributed by atoms with Crippen molar-refractivity contribution in [1.82, 2.24) is 4.98 Å². The van der Waals surface area contributed by atoms with Crippen LogP contribution in [0.5, 0.6) is 0 Å². The second-order valence-electron chi connectivity index (χ2n) is 10.1. The monoisotopic (exact) mass is 522 g/mol. The van der Waals surface area contributed by atoms with Crippen LogP contribution in [0.1, 0.15) is 58.6 Å². The van der Waals surface area contributed by atoms with E-state index in [-0.39, 0.29) is 11.3 Å². The molecule has 1 N–H and O–H groups in total. The molecule has 0 saturated carbocycles. The van der Waals surface area contributed by atoms with E-state index < -0.39 is 23.5 Å². The van der Waals surface area contributed by atoms with Crippen molar-refractivity contribution in [3.8, 4) is 0 Å². The van der Waals surface area contributed by atoms with Gasteiger partial charge in [-0.3, -0.25) is 14.5 Å². The first-order valence-electron chi connectivity index (χ1n) is 12.5. The quantitative estimate of drug-likeness (QED) is 0.241. The molecule has 3 heterocycles. The van der Waals surface area contributed by atoms with Crippen LogP contribution >= 0.6 is 11.3 Å². The number of hydrogen-bond acceptors (Lipinski definition) is 6. The van der Waals surface area contributed by atoms with E-state index >= 15 is 0 Å². The molecular formula is C31H26N2O4S. The van der Waals surface area contributed by atoms with Gasteiger partial charge in [0.2, 0.25) is 5.78 Å². The number of furan rings is 1. The lowest BCUT2D eigenvalue weighted by atomic mass is 9.93. The number of anilines is 1. The topological polar surface area (TPSA) is 83.6 Å². The number of aliphatic hydroxyl groups is 1. The molecule has 0 saturated heterocycles. The van der Waals surface area contributed by atoms with Gasteiger partial charge in [-0.25, -0.2) is 4.98 Å². The molecule has 1 aliphatic rings. The van der Waals surface area contributed by atoms with E-state index in [4.69, 9.17) is 9.40 Å². The number of Topliss-reactive ketones (excluding diaryl/α,β-unsaturated/α-hetero) is 1. The predicted octanol–water partition coefficient (Wildman–Crippen LogP) is 7.57. The van der Waals surface area contributed by atoms with Gasteiger partial charge in [0, 0.05) is 5.39 Å². The summed E-state index contributed by atoms with van der Waals surface area (Å²) >= 11 is 1.37. The molecule has 1 atom stereocenters. The molecule has 0 radical (unpaired) electrons. The number of amides is 1. The van der Waals surface area contributed by atoms with Crippen molar-refractivity contribution in [2.24, 2.45) is 0 Å². The van der Waals surface area contributed by atoms with Gasteiger partial charge < -0.3 is 9.52 Å². The van der Waals surface area contributed by atoms with Crippen LogP contribution in [-0.2, 0) is 4.79 Å². The number of aliphatic hydroxyl groups excluding tert-OH is 1. The smallest absolute Gasteiger partial charge is 0.296 e. The molecule has 0 fully saturated rings. The number of nitrogens with zero attached hydrogens (tertiary/aromatic N) is 2. The number of ketones is 1. The van der Waals surface area contributed by atoms with Gasteiger partial charge in [0.05, 0.1) is 21.8 Å². The SMILES string of the molecule is Cc1cc(C)c2nc(N3C(=O)C(O)=C(C(=O)c4cc5ccccc5o4)C3c3ccc(C(C)C)cc3)sc2c1. The molecule has 6 rings (SSSR count). The maximum atomic E-state index is 13.9. The Morgan fingerprint density at radius 3 is 2.50 bits per heavy atom. The van der Waals surface area contributed by atoms with E-state index in [1.165, 1.54) is 16.2 Å². The highest BCUT2D eigenvalue weighted by Gasteiger charge is 2.46. The van der Waals surface area contributed by atoms with Crippen LogP contribution in [0, 0.1) is 13.8 Å². The second-order valence-corrected chi connectivity index (χ2v) is 11.1. The first-order valence-corrected chi connectivity index (χ1v) is 13.3. The highest BCUT2D eigenvalue weighted by Crippen LogP contribution is 2.45. The van der Waals surface area contributed by atoms with E-state index in [0.29, 0.717) is 22.2 Å². The van der Waals surface area contributed by atoms with Crippen molar-refractivity contribution >= 4 is 49.3 Å². The Morgan fingerprint density at radius 1 is 1.05 bits per heavy atom. The normalized spacial score (nSPS) is 16.0. The minimum absolute atomic E-state index is 0.0153. The Morgan fingerprint density at radius 2 is 1.79 bits per heavy atom. The average molecular weight is 523 g/mol. The number of benzene rings is 3. The van der Waals surface area contributed by atoms with Gasteiger partial charge in [-0.2, -0.15) is 0 Å². The third-order valence-corrected chi connectivity index (χ3v) is 8.05. The maximum Gasteiger partial charge on any atom is 0.296 e. The van der Waals surface area contributed by atoms with Gasteiger partial charge in [-0.15, -0.1) is 0 Å². The summed E-state index contributed by atoms with van der Waals surface area (Å²) in [5.74, 6) is -1.37. The summed E-state index contributed by atoms with van der Waals surface area (Å²) in [5.41, 5.74) is 5.29. The van der Waals surface area contributed by atoms with Crippen LogP contribution in [0.15, 0.2) is 82.5 Å². The minimum atomic E-state index is -0.855. The number of carbonyl (C=O) groups is 2. The molecule has 38 heavy (non-hydrogen) atoms. The molecule has 5 aromatic rings. The fourth-order valence-electron chi connectivity index (χ4n) is 5.10. The van der Waals surface area contributed by atoms with Gasteiger partial charge in [0.25, 0.3) is 5.91 Å². The Bertz CT molecular complexity index is 1740. The summed E-state index contributed by atoms with van der Waals surface area (Å²) in [4.78, 5) is 33.7. The zero-order valence-corrected chi connectivity index (χ0v) is 22.3. The van der Waals surface area contributed by atoms with Crippen LogP contribution in [0.3, 0.4) is 0 Å². The molecule has 0 bridgehead atoms. The minimum Gasteiger partial charge on any atom is -0.503 e. The van der Waals surface area contributed by atoms with Crippen LogP contribution in [0.4, 0.5) is 5.13 Å². The van der Waals surface area contributed by atoms with Gasteiger partial charge in [-0.05, 0) is 60.2 Å². The molecule has 1 unspecified atom stereocenters. The maximum absolute atomic E-state index is 13.9. The van der Waals surface area contributed by atoms with Gasteiger partial charge in [0.15, 0.2) is 16.7 Å². The van der Waals surface area contributed by atoms with Crippen molar-refractivity contribution < 1.29 is 19.1 Å². The van der Waals surface area contributed by atoms with E-state index in [1.54, 1.807) is 12.1 Å². The van der Waals surface area contributed by atoms with E-state index in [1.807, 2.05) is 68.4 Å². The van der Waals surface area contributed by atoms with Crippen LogP contribution in [-0.4, -0.2) is 21.8 Å². The van der Waals surface area contributed by atoms with Crippen LogP contribution < -0.4 is 4.90 Å². The van der Waals surface area contributed by atoms with Gasteiger partial charge >= 0.3 is 0 Å². The lowest BCUT2D eigenvalue weighted by molar-refractivity contribution is -0.117. The lowest BCUT2D eigenvalue weighted by Gasteiger charge is -2.24. The molecule has 2 aromatic heterocycles. The highest BCUT2D eigenvalue weighted by atomic mass is 32.1. The molecule has 7 heteroatoms. The number of aryl methyl sites for hydroxylation is 2. The molecule has 6 nitrogen and oxygen atoms in total. The zero-order chi connectivity index (χ0) is 26.7. The lowest BCUT2D eigenvalue weighted by Crippen LogP contribution is -2.31. The van der Waals surface area contributed by atoms with Crippen LogP contribution in [0.2, 0.25) is 0 Å². The summed E-state index contributed by atoms with van der Waals surface area (Å²) in [6.07, 6.45) is 0. The molecule has 1 amide bonds. The number of rotatable bonds is 5. The molecule has 3 aromatic carbocycles. The molecule has 190 valence electrons. The Hall–Kier alpha value is -4.23. The fourth-order valence-corrected chi connectivity index (χ4v) is 6.27. The van der Waals surface area contributed by atoms with Gasteiger partial charge in [-0.1, -0.05) is 73.7 Å². The molecule has 0 aliphatic carbocycles. The summed E-state index contributed by atoms with van der Waals surface area (Å²) in [6, 6.07) is 20.0. The molecule has 0 spiro atoms. The largest absolute Gasteiger partial charge is 0.503 e. The molecular weight excluding hydrogens is 496 g/mol. The Balaban J connectivity index is 1.52. The zero-order valence-electron chi connectivity index (χ0n) is 21.5. The Kier molecular flexibility index (Phi) is 5.69. The van der Waals surface area contributed by atoms with E-state index in [0.717, 1.165) is 32.3 Å². The standard InChI is InChI=1S/C31H26N2O4S/c1-16(2)19-9-11-20(12-10-19)27-25(28(34)23-15-21-7-5-6-8-22(21)37-23)29(35)30(36)33(27)31-32-26-18(4)13-17(3)14-24(26)38-31/h5-16,27,35H,1-4H3. The van der Waals surface area contributed by atoms with Crippen molar-refractivity contribution in [3.63, 3.8) is 0 Å². The summed E-state index contributed by atoms with van der Waals surface area (Å²) in [6.45, 7) is 8.21. The predicted molar refractivity (Wildman–Crippen MR) is 150 cm³/mol. The first-order chi connectivity index (χ1) is 18.2. The number of carbonyl (C=O) groups excluding carboxylic acids is 2. The van der Waals surface area contributed by atoms with E-state index in [2.05, 4.69) is 13.8 Å². The van der Waals surface area contributed by atoms with Crippen molar-refractivity contribution in [2.75, 3.05) is 4.90 Å². The summed E-state index contributed by atoms with van der Waals surface area (Å²) in [5, 5.41) is 12.3. The number of fused-ring (bicyclic) bond motifs is 2. The molecule has 1 aliphatic heterocycles. The second kappa shape index (κ2) is 8.96. The number of hydrogen-bond donors (Lipinski definition) is 1. The van der Waals surface area contributed by atoms with Gasteiger partial charge in [0.1, 0.15) is 5.58 Å². The third-order valence-electron chi connectivity index (χ3n) is 7.05. The summed E-state index contributed by atoms with van der Waals surface area (Å²) < 4.78 is 6.78. The number of para-hydroxylation sites is 1. The highest BCUT2D eigenvalue weighted by molar-refractivity contribution is 7.22. The third kappa shape index (κ3) is 3.82. The van der Waals surface area contributed by atoms with Crippen molar-refractivity contribution in [2.45, 2.75) is 39.7 Å². The van der Waals surface area contributed by atoms with Crippen molar-refractivity contribution in [1.29, 1.82) is 0 Å². The van der Waals surface area contributed by atoms with Crippen LogP contribution in [0.25, 0.3) is 21.2 Å². The fraction of sp³-hybridized carbons (Fsp3) is 0.194. The average Bonchev–Trinajstić information content (AvgIpc) is 3.58.